The van der Waals surface area contributed by atoms with Gasteiger partial charge in [-0.1, -0.05) is 12.1 Å². The van der Waals surface area contributed by atoms with Gasteiger partial charge in [-0.2, -0.15) is 20.3 Å². The van der Waals surface area contributed by atoms with E-state index in [0.29, 0.717) is 35.8 Å². The summed E-state index contributed by atoms with van der Waals surface area (Å²) < 4.78 is 5.95. The van der Waals surface area contributed by atoms with E-state index in [2.05, 4.69) is 21.3 Å². The number of carbonyl (C=O) groups is 1. The van der Waals surface area contributed by atoms with Gasteiger partial charge in [-0.3, -0.25) is 4.79 Å². The lowest BCUT2D eigenvalue weighted by Gasteiger charge is -2.33. The first kappa shape index (κ1) is 18.6. The zero-order chi connectivity index (χ0) is 20.2. The van der Waals surface area contributed by atoms with Crippen molar-refractivity contribution in [3.63, 3.8) is 0 Å². The number of para-hydroxylation sites is 1. The van der Waals surface area contributed by atoms with E-state index in [-0.39, 0.29) is 12.0 Å². The zero-order valence-corrected chi connectivity index (χ0v) is 16.0. The lowest BCUT2D eigenvalue weighted by molar-refractivity contribution is 0.0527. The van der Waals surface area contributed by atoms with E-state index in [1.54, 1.807) is 41.7 Å². The number of carbonyl (C=O) groups excluding carboxylic acids is 1. The van der Waals surface area contributed by atoms with Crippen LogP contribution in [0, 0.1) is 18.3 Å². The number of hydrogen-bond acceptors (Lipinski definition) is 6. The quantitative estimate of drug-likeness (QED) is 0.681. The molecule has 0 radical (unpaired) electrons. The molecular weight excluding hydrogens is 368 g/mol. The Morgan fingerprint density at radius 3 is 2.86 bits per heavy atom. The van der Waals surface area contributed by atoms with Crippen molar-refractivity contribution in [2.45, 2.75) is 25.9 Å². The minimum absolute atomic E-state index is 0.0759. The largest absolute Gasteiger partial charge is 0.472 e. The smallest absolute Gasteiger partial charge is 0.256 e. The summed E-state index contributed by atoms with van der Waals surface area (Å²) in [6.45, 7) is 3.05. The van der Waals surface area contributed by atoms with Crippen molar-refractivity contribution in [1.82, 2.24) is 24.9 Å². The average Bonchev–Trinajstić information content (AvgIpc) is 3.28. The van der Waals surface area contributed by atoms with Gasteiger partial charge in [0.05, 0.1) is 36.1 Å². The van der Waals surface area contributed by atoms with Crippen molar-refractivity contribution < 1.29 is 9.53 Å². The highest BCUT2D eigenvalue weighted by atomic mass is 16.5. The maximum absolute atomic E-state index is 13.3. The van der Waals surface area contributed by atoms with Crippen molar-refractivity contribution in [2.24, 2.45) is 0 Å². The van der Waals surface area contributed by atoms with E-state index in [4.69, 9.17) is 10.00 Å². The Balaban J connectivity index is 1.54. The van der Waals surface area contributed by atoms with E-state index in [0.717, 1.165) is 18.4 Å². The van der Waals surface area contributed by atoms with Crippen LogP contribution in [-0.2, 0) is 0 Å². The molecule has 8 heteroatoms. The first-order valence-electron chi connectivity index (χ1n) is 9.44. The molecule has 0 saturated carbocycles. The highest BCUT2D eigenvalue weighted by Crippen LogP contribution is 2.23. The molecule has 2 aromatic heterocycles. The minimum atomic E-state index is -0.176. The number of pyridine rings is 1. The number of aryl methyl sites for hydroxylation is 1. The second-order valence-electron chi connectivity index (χ2n) is 6.92. The van der Waals surface area contributed by atoms with Crippen molar-refractivity contribution in [3.05, 3.63) is 65.6 Å². The fourth-order valence-corrected chi connectivity index (χ4v) is 3.53. The summed E-state index contributed by atoms with van der Waals surface area (Å²) in [7, 11) is 0. The molecule has 1 aliphatic rings. The van der Waals surface area contributed by atoms with Crippen LogP contribution in [0.5, 0.6) is 5.88 Å². The second kappa shape index (κ2) is 8.10. The Labute approximate surface area is 168 Å². The zero-order valence-electron chi connectivity index (χ0n) is 16.0. The topological polar surface area (TPSA) is 96.9 Å². The molecule has 1 saturated heterocycles. The number of piperidine rings is 1. The lowest BCUT2D eigenvalue weighted by atomic mass is 10.0. The lowest BCUT2D eigenvalue weighted by Crippen LogP contribution is -2.44. The van der Waals surface area contributed by atoms with Gasteiger partial charge < -0.3 is 9.64 Å². The van der Waals surface area contributed by atoms with Gasteiger partial charge in [0.15, 0.2) is 0 Å². The Bertz CT molecular complexity index is 1060. The van der Waals surface area contributed by atoms with Gasteiger partial charge in [0.1, 0.15) is 11.8 Å². The first-order chi connectivity index (χ1) is 14.2. The van der Waals surface area contributed by atoms with Crippen LogP contribution in [0.3, 0.4) is 0 Å². The highest BCUT2D eigenvalue weighted by molar-refractivity contribution is 5.98. The maximum atomic E-state index is 13.3. The average molecular weight is 388 g/mol. The summed E-state index contributed by atoms with van der Waals surface area (Å²) in [6, 6.07) is 10.9. The molecule has 0 bridgehead atoms. The van der Waals surface area contributed by atoms with Crippen LogP contribution in [0.2, 0.25) is 0 Å². The highest BCUT2D eigenvalue weighted by Gasteiger charge is 2.28. The number of nitriles is 1. The molecule has 3 heterocycles. The van der Waals surface area contributed by atoms with Crippen LogP contribution in [0.25, 0.3) is 5.69 Å². The molecule has 0 N–H and O–H groups in total. The minimum Gasteiger partial charge on any atom is -0.472 e. The molecule has 8 nitrogen and oxygen atoms in total. The molecule has 29 heavy (non-hydrogen) atoms. The van der Waals surface area contributed by atoms with E-state index >= 15 is 0 Å². The predicted octanol–water partition coefficient (Wildman–Crippen LogP) is 2.53. The predicted molar refractivity (Wildman–Crippen MR) is 105 cm³/mol. The molecule has 0 spiro atoms. The molecule has 1 atom stereocenters. The summed E-state index contributed by atoms with van der Waals surface area (Å²) in [5, 5.41) is 17.4. The molecule has 1 unspecified atom stereocenters. The molecule has 3 aromatic rings. The fourth-order valence-electron chi connectivity index (χ4n) is 3.53. The molecule has 1 fully saturated rings. The third-order valence-electron chi connectivity index (χ3n) is 4.90. The third-order valence-corrected chi connectivity index (χ3v) is 4.90. The van der Waals surface area contributed by atoms with Crippen LogP contribution in [0.4, 0.5) is 0 Å². The Morgan fingerprint density at radius 1 is 1.24 bits per heavy atom. The van der Waals surface area contributed by atoms with Gasteiger partial charge in [-0.05, 0) is 37.5 Å². The van der Waals surface area contributed by atoms with Crippen LogP contribution in [0.15, 0.2) is 48.9 Å². The van der Waals surface area contributed by atoms with Gasteiger partial charge in [0.2, 0.25) is 5.88 Å². The molecule has 1 amide bonds. The third kappa shape index (κ3) is 3.94. The maximum Gasteiger partial charge on any atom is 0.256 e. The van der Waals surface area contributed by atoms with Gasteiger partial charge in [0, 0.05) is 18.8 Å². The monoisotopic (exact) mass is 388 g/mol. The summed E-state index contributed by atoms with van der Waals surface area (Å²) in [6.07, 6.45) is 6.21. The van der Waals surface area contributed by atoms with Gasteiger partial charge in [0.25, 0.3) is 5.91 Å². The van der Waals surface area contributed by atoms with Crippen LogP contribution in [0.1, 0.15) is 34.3 Å². The standard InChI is InChI=1S/C21H20N6O2/c1-15-4-2-6-18(20(15)27-24-9-10-25-27)21(28)26-11-3-5-17(14-26)29-19-12-16(13-22)7-8-23-19/h2,4,6-10,12,17H,3,5,11,14H2,1H3. The van der Waals surface area contributed by atoms with Crippen molar-refractivity contribution in [1.29, 1.82) is 5.26 Å². The van der Waals surface area contributed by atoms with E-state index in [9.17, 15) is 4.79 Å². The fraction of sp³-hybridized carbons (Fsp3) is 0.286. The molecule has 1 aromatic carbocycles. The van der Waals surface area contributed by atoms with Crippen LogP contribution >= 0.6 is 0 Å². The number of hydrogen-bond donors (Lipinski definition) is 0. The van der Waals surface area contributed by atoms with Crippen molar-refractivity contribution >= 4 is 5.91 Å². The van der Waals surface area contributed by atoms with Gasteiger partial charge >= 0.3 is 0 Å². The number of amides is 1. The number of benzene rings is 1. The van der Waals surface area contributed by atoms with E-state index in [1.165, 1.54) is 4.80 Å². The normalized spacial score (nSPS) is 16.3. The van der Waals surface area contributed by atoms with Gasteiger partial charge in [-0.25, -0.2) is 4.98 Å². The number of nitrogens with zero attached hydrogens (tertiary/aromatic N) is 6. The number of aromatic nitrogens is 4. The van der Waals surface area contributed by atoms with Crippen LogP contribution < -0.4 is 4.74 Å². The summed E-state index contributed by atoms with van der Waals surface area (Å²) in [5.41, 5.74) is 2.67. The SMILES string of the molecule is Cc1cccc(C(=O)N2CCCC(Oc3cc(C#N)ccn3)C2)c1-n1nccn1. The molecule has 0 aliphatic carbocycles. The molecule has 146 valence electrons. The summed E-state index contributed by atoms with van der Waals surface area (Å²) in [5.74, 6) is 0.327. The van der Waals surface area contributed by atoms with Gasteiger partial charge in [-0.15, -0.1) is 0 Å². The summed E-state index contributed by atoms with van der Waals surface area (Å²) in [4.78, 5) is 20.8. The molecule has 4 rings (SSSR count). The Kier molecular flexibility index (Phi) is 5.20. The molecular formula is C21H20N6O2. The van der Waals surface area contributed by atoms with Crippen molar-refractivity contribution in [3.8, 4) is 17.6 Å². The van der Waals surface area contributed by atoms with E-state index < -0.39 is 0 Å². The second-order valence-corrected chi connectivity index (χ2v) is 6.92. The number of ether oxygens (including phenoxy) is 1. The van der Waals surface area contributed by atoms with E-state index in [1.807, 2.05) is 19.1 Å². The Morgan fingerprint density at radius 2 is 2.07 bits per heavy atom. The Hall–Kier alpha value is -3.73. The first-order valence-corrected chi connectivity index (χ1v) is 9.44. The number of likely N-dealkylation sites (tertiary alicyclic amines) is 1. The summed E-state index contributed by atoms with van der Waals surface area (Å²) >= 11 is 0. The number of rotatable bonds is 4. The van der Waals surface area contributed by atoms with Crippen LogP contribution in [-0.4, -0.2) is 50.0 Å². The molecule has 1 aliphatic heterocycles. The van der Waals surface area contributed by atoms with Crippen molar-refractivity contribution in [2.75, 3.05) is 13.1 Å².